The van der Waals surface area contributed by atoms with E-state index in [9.17, 15) is 9.90 Å². The van der Waals surface area contributed by atoms with Crippen LogP contribution in [0.2, 0.25) is 10.3 Å². The van der Waals surface area contributed by atoms with Crippen molar-refractivity contribution in [3.05, 3.63) is 118 Å². The van der Waals surface area contributed by atoms with Gasteiger partial charge in [0.1, 0.15) is 5.15 Å². The van der Waals surface area contributed by atoms with Gasteiger partial charge in [-0.25, -0.2) is 4.98 Å². The molecule has 0 spiro atoms. The van der Waals surface area contributed by atoms with Gasteiger partial charge in [-0.1, -0.05) is 84.7 Å². The third kappa shape index (κ3) is 5.77. The average molecular weight is 552 g/mol. The standard InChI is InChI=1S/C29H27Cl2N3O4/c1-18-24(15-34-17-32-26(30)27(34)31)37-29(38-25(18)20-9-7-19(16-35)8-10-20)22-11-13-23(14-12-22)33-28(36)21-5-3-2-4-6-21/h2-14,17-18,24-25,29,35H,15-16H2,1H3,(H,33,36). The molecule has 7 nitrogen and oxygen atoms in total. The molecule has 38 heavy (non-hydrogen) atoms. The number of benzene rings is 3. The Bertz CT molecular complexity index is 1380. The van der Waals surface area contributed by atoms with Crippen molar-refractivity contribution in [1.82, 2.24) is 9.55 Å². The summed E-state index contributed by atoms with van der Waals surface area (Å²) in [5.74, 6) is -0.215. The fraction of sp³-hybridized carbons (Fsp3) is 0.241. The molecule has 1 aliphatic heterocycles. The Kier molecular flexibility index (Phi) is 8.12. The highest BCUT2D eigenvalue weighted by Gasteiger charge is 2.38. The lowest BCUT2D eigenvalue weighted by Gasteiger charge is -2.41. The summed E-state index contributed by atoms with van der Waals surface area (Å²) in [6.07, 6.45) is 0.397. The van der Waals surface area contributed by atoms with E-state index in [-0.39, 0.29) is 35.8 Å². The van der Waals surface area contributed by atoms with E-state index < -0.39 is 6.29 Å². The summed E-state index contributed by atoms with van der Waals surface area (Å²) in [5, 5.41) is 13.0. The van der Waals surface area contributed by atoms with Crippen molar-refractivity contribution in [3.63, 3.8) is 0 Å². The van der Waals surface area contributed by atoms with Gasteiger partial charge in [-0.15, -0.1) is 0 Å². The summed E-state index contributed by atoms with van der Waals surface area (Å²) in [4.78, 5) is 16.6. The Morgan fingerprint density at radius 1 is 0.974 bits per heavy atom. The summed E-state index contributed by atoms with van der Waals surface area (Å²) in [5.41, 5.74) is 3.87. The Labute approximate surface area is 230 Å². The van der Waals surface area contributed by atoms with E-state index in [1.54, 1.807) is 23.0 Å². The first kappa shape index (κ1) is 26.4. The van der Waals surface area contributed by atoms with E-state index >= 15 is 0 Å². The highest BCUT2D eigenvalue weighted by atomic mass is 35.5. The number of nitrogens with zero attached hydrogens (tertiary/aromatic N) is 2. The number of hydrogen-bond acceptors (Lipinski definition) is 5. The van der Waals surface area contributed by atoms with Crippen LogP contribution in [0.3, 0.4) is 0 Å². The van der Waals surface area contributed by atoms with Gasteiger partial charge in [0.05, 0.1) is 31.7 Å². The lowest BCUT2D eigenvalue weighted by atomic mass is 9.90. The number of aliphatic hydroxyl groups excluding tert-OH is 1. The number of anilines is 1. The number of nitrogens with one attached hydrogen (secondary N) is 1. The molecule has 0 radical (unpaired) electrons. The summed E-state index contributed by atoms with van der Waals surface area (Å²) in [6, 6.07) is 24.2. The molecular weight excluding hydrogens is 525 g/mol. The van der Waals surface area contributed by atoms with E-state index in [2.05, 4.69) is 17.2 Å². The minimum Gasteiger partial charge on any atom is -0.392 e. The van der Waals surface area contributed by atoms with Crippen molar-refractivity contribution < 1.29 is 19.4 Å². The lowest BCUT2D eigenvalue weighted by Crippen LogP contribution is -2.39. The highest BCUT2D eigenvalue weighted by molar-refractivity contribution is 6.40. The maximum Gasteiger partial charge on any atom is 0.255 e. The first-order valence-corrected chi connectivity index (χ1v) is 13.0. The molecule has 0 saturated carbocycles. The number of carbonyl (C=O) groups is 1. The molecule has 2 N–H and O–H groups in total. The van der Waals surface area contributed by atoms with Gasteiger partial charge in [-0.2, -0.15) is 0 Å². The van der Waals surface area contributed by atoms with Crippen LogP contribution in [0, 0.1) is 5.92 Å². The van der Waals surface area contributed by atoms with Crippen LogP contribution in [0.5, 0.6) is 0 Å². The van der Waals surface area contributed by atoms with Gasteiger partial charge in [0.25, 0.3) is 5.91 Å². The minimum absolute atomic E-state index is 0.0250. The van der Waals surface area contributed by atoms with Crippen LogP contribution in [0.4, 0.5) is 5.69 Å². The van der Waals surface area contributed by atoms with Gasteiger partial charge >= 0.3 is 0 Å². The third-order valence-electron chi connectivity index (χ3n) is 6.71. The second-order valence-electron chi connectivity index (χ2n) is 9.24. The maximum atomic E-state index is 12.5. The van der Waals surface area contributed by atoms with E-state index in [1.807, 2.05) is 66.7 Å². The normalized spacial score (nSPS) is 21.3. The van der Waals surface area contributed by atoms with Crippen LogP contribution < -0.4 is 5.32 Å². The van der Waals surface area contributed by atoms with Crippen LogP contribution >= 0.6 is 23.2 Å². The zero-order valence-electron chi connectivity index (χ0n) is 20.6. The minimum atomic E-state index is -0.657. The van der Waals surface area contributed by atoms with Gasteiger partial charge in [-0.05, 0) is 35.4 Å². The molecule has 4 atom stereocenters. The Hall–Kier alpha value is -3.20. The van der Waals surface area contributed by atoms with Crippen LogP contribution in [0.15, 0.2) is 85.2 Å². The molecule has 3 aromatic carbocycles. The molecule has 4 unspecified atom stereocenters. The van der Waals surface area contributed by atoms with E-state index in [0.717, 1.165) is 16.7 Å². The van der Waals surface area contributed by atoms with Gasteiger partial charge in [0.15, 0.2) is 11.4 Å². The third-order valence-corrected chi connectivity index (χ3v) is 7.48. The first-order valence-electron chi connectivity index (χ1n) is 12.3. The number of carbonyl (C=O) groups excluding carboxylic acids is 1. The van der Waals surface area contributed by atoms with Crippen molar-refractivity contribution in [2.75, 3.05) is 5.32 Å². The number of hydrogen-bond donors (Lipinski definition) is 2. The zero-order chi connectivity index (χ0) is 26.6. The number of imidazole rings is 1. The molecular formula is C29H27Cl2N3O4. The average Bonchev–Trinajstić information content (AvgIpc) is 3.27. The topological polar surface area (TPSA) is 85.6 Å². The maximum absolute atomic E-state index is 12.5. The molecule has 4 aromatic rings. The molecule has 1 fully saturated rings. The van der Waals surface area contributed by atoms with Gasteiger partial charge in [-0.3, -0.25) is 4.79 Å². The highest BCUT2D eigenvalue weighted by Crippen LogP contribution is 2.42. The first-order chi connectivity index (χ1) is 18.4. The summed E-state index contributed by atoms with van der Waals surface area (Å²) < 4.78 is 14.7. The molecule has 1 aromatic heterocycles. The monoisotopic (exact) mass is 551 g/mol. The number of amides is 1. The molecule has 5 rings (SSSR count). The van der Waals surface area contributed by atoms with E-state index in [4.69, 9.17) is 32.7 Å². The molecule has 2 heterocycles. The number of rotatable bonds is 7. The van der Waals surface area contributed by atoms with Crippen LogP contribution in [-0.4, -0.2) is 26.7 Å². The molecule has 9 heteroatoms. The number of aliphatic hydroxyl groups is 1. The van der Waals surface area contributed by atoms with Gasteiger partial charge in [0, 0.05) is 22.7 Å². The molecule has 0 bridgehead atoms. The summed E-state index contributed by atoms with van der Waals surface area (Å²) in [7, 11) is 0. The fourth-order valence-electron chi connectivity index (χ4n) is 4.51. The van der Waals surface area contributed by atoms with Crippen LogP contribution in [0.1, 0.15) is 46.4 Å². The van der Waals surface area contributed by atoms with Crippen LogP contribution in [-0.2, 0) is 22.6 Å². The molecule has 0 aliphatic carbocycles. The Morgan fingerprint density at radius 2 is 1.66 bits per heavy atom. The second-order valence-corrected chi connectivity index (χ2v) is 9.96. The predicted octanol–water partition coefficient (Wildman–Crippen LogP) is 6.43. The van der Waals surface area contributed by atoms with E-state index in [0.29, 0.717) is 22.9 Å². The Balaban J connectivity index is 1.38. The number of ether oxygens (including phenoxy) is 2. The van der Waals surface area contributed by atoms with Crippen molar-refractivity contribution in [1.29, 1.82) is 0 Å². The lowest BCUT2D eigenvalue weighted by molar-refractivity contribution is -0.276. The number of aromatic nitrogens is 2. The van der Waals surface area contributed by atoms with Crippen molar-refractivity contribution in [2.24, 2.45) is 5.92 Å². The van der Waals surface area contributed by atoms with Crippen molar-refractivity contribution >= 4 is 34.8 Å². The SMILES string of the molecule is CC1C(Cn2cnc(Cl)c2Cl)OC(c2ccc(NC(=O)c3ccccc3)cc2)OC1c1ccc(CO)cc1. The van der Waals surface area contributed by atoms with Gasteiger partial charge < -0.3 is 24.5 Å². The van der Waals surface area contributed by atoms with Gasteiger partial charge in [0.2, 0.25) is 0 Å². The van der Waals surface area contributed by atoms with Crippen LogP contribution in [0.25, 0.3) is 0 Å². The number of halogens is 2. The van der Waals surface area contributed by atoms with E-state index in [1.165, 1.54) is 0 Å². The summed E-state index contributed by atoms with van der Waals surface area (Å²) in [6.45, 7) is 2.49. The quantitative estimate of drug-likeness (QED) is 0.276. The summed E-state index contributed by atoms with van der Waals surface area (Å²) >= 11 is 12.4. The fourth-order valence-corrected chi connectivity index (χ4v) is 4.82. The molecule has 1 saturated heterocycles. The molecule has 1 amide bonds. The largest absolute Gasteiger partial charge is 0.392 e. The van der Waals surface area contributed by atoms with Crippen molar-refractivity contribution in [3.8, 4) is 0 Å². The zero-order valence-corrected chi connectivity index (χ0v) is 22.1. The van der Waals surface area contributed by atoms with Crippen molar-refractivity contribution in [2.45, 2.75) is 38.6 Å². The molecule has 1 aliphatic rings. The Morgan fingerprint density at radius 3 is 2.29 bits per heavy atom. The smallest absolute Gasteiger partial charge is 0.255 e. The second kappa shape index (κ2) is 11.7. The predicted molar refractivity (Wildman–Crippen MR) is 146 cm³/mol. The molecule has 196 valence electrons.